The largest absolute Gasteiger partial charge is 0.481 e. The molecule has 1 aromatic rings. The maximum atomic E-state index is 10.8. The van der Waals surface area contributed by atoms with Crippen LogP contribution in [-0.4, -0.2) is 20.9 Å². The Labute approximate surface area is 83.5 Å². The quantitative estimate of drug-likeness (QED) is 0.801. The number of carboxylic acids is 1. The van der Waals surface area contributed by atoms with Crippen LogP contribution in [0, 0.1) is 19.8 Å². The van der Waals surface area contributed by atoms with Crippen molar-refractivity contribution in [2.45, 2.75) is 33.7 Å². The van der Waals surface area contributed by atoms with Gasteiger partial charge in [0.2, 0.25) is 0 Å². The minimum Gasteiger partial charge on any atom is -0.481 e. The first-order valence-electron chi connectivity index (χ1n) is 4.69. The lowest BCUT2D eigenvalue weighted by Gasteiger charge is -2.18. The Balaban J connectivity index is 2.94. The molecule has 0 radical (unpaired) electrons. The molecule has 0 unspecified atom stereocenters. The molecule has 0 aliphatic heterocycles. The van der Waals surface area contributed by atoms with Gasteiger partial charge in [-0.1, -0.05) is 0 Å². The lowest BCUT2D eigenvalue weighted by molar-refractivity contribution is -0.142. The zero-order valence-electron chi connectivity index (χ0n) is 8.98. The second-order valence-electron chi connectivity index (χ2n) is 3.74. The molecule has 1 rings (SSSR count). The molecule has 1 N–H and O–H groups in total. The predicted octanol–water partition coefficient (Wildman–Crippen LogP) is 1.78. The van der Waals surface area contributed by atoms with E-state index < -0.39 is 11.9 Å². The van der Waals surface area contributed by atoms with Gasteiger partial charge in [-0.2, -0.15) is 5.10 Å². The van der Waals surface area contributed by atoms with Gasteiger partial charge in [-0.05, 0) is 33.8 Å². The predicted molar refractivity (Wildman–Crippen MR) is 53.2 cm³/mol. The lowest BCUT2D eigenvalue weighted by Crippen LogP contribution is -2.23. The van der Waals surface area contributed by atoms with E-state index >= 15 is 0 Å². The highest BCUT2D eigenvalue weighted by Gasteiger charge is 2.22. The molecule has 0 saturated carbocycles. The van der Waals surface area contributed by atoms with Crippen LogP contribution in [0.2, 0.25) is 0 Å². The molecule has 0 spiro atoms. The van der Waals surface area contributed by atoms with E-state index in [4.69, 9.17) is 5.11 Å². The molecule has 0 bridgehead atoms. The van der Waals surface area contributed by atoms with Gasteiger partial charge in [-0.25, -0.2) is 0 Å². The molecule has 4 nitrogen and oxygen atoms in total. The number of carbonyl (C=O) groups is 1. The summed E-state index contributed by atoms with van der Waals surface area (Å²) in [5.41, 5.74) is 1.93. The van der Waals surface area contributed by atoms with Gasteiger partial charge in [-0.3, -0.25) is 9.48 Å². The molecule has 4 heteroatoms. The van der Waals surface area contributed by atoms with Crippen LogP contribution in [0.4, 0.5) is 0 Å². The third kappa shape index (κ3) is 1.95. The van der Waals surface area contributed by atoms with Gasteiger partial charge in [0.05, 0.1) is 17.7 Å². The summed E-state index contributed by atoms with van der Waals surface area (Å²) in [5, 5.41) is 13.1. The van der Waals surface area contributed by atoms with E-state index in [0.29, 0.717) is 0 Å². The number of aliphatic carboxylic acids is 1. The van der Waals surface area contributed by atoms with Crippen LogP contribution < -0.4 is 0 Å². The first kappa shape index (κ1) is 10.8. The topological polar surface area (TPSA) is 55.1 Å². The summed E-state index contributed by atoms with van der Waals surface area (Å²) in [7, 11) is 0. The fourth-order valence-corrected chi connectivity index (χ4v) is 1.48. The molecule has 1 heterocycles. The maximum absolute atomic E-state index is 10.8. The van der Waals surface area contributed by atoms with Crippen molar-refractivity contribution < 1.29 is 9.90 Å². The second-order valence-corrected chi connectivity index (χ2v) is 3.74. The van der Waals surface area contributed by atoms with Crippen molar-refractivity contribution >= 4 is 5.97 Å². The van der Waals surface area contributed by atoms with Crippen molar-refractivity contribution in [1.29, 1.82) is 0 Å². The van der Waals surface area contributed by atoms with Crippen LogP contribution in [-0.2, 0) is 4.79 Å². The normalized spacial score (nSPS) is 15.1. The van der Waals surface area contributed by atoms with Gasteiger partial charge in [-0.15, -0.1) is 0 Å². The van der Waals surface area contributed by atoms with Gasteiger partial charge in [0.25, 0.3) is 0 Å². The Hall–Kier alpha value is -1.32. The van der Waals surface area contributed by atoms with Crippen molar-refractivity contribution in [3.05, 3.63) is 17.5 Å². The van der Waals surface area contributed by atoms with Gasteiger partial charge in [0.15, 0.2) is 0 Å². The van der Waals surface area contributed by atoms with Crippen LogP contribution in [0.3, 0.4) is 0 Å². The fraction of sp³-hybridized carbons (Fsp3) is 0.600. The van der Waals surface area contributed by atoms with Crippen LogP contribution in [0.5, 0.6) is 0 Å². The highest BCUT2D eigenvalue weighted by atomic mass is 16.4. The average molecular weight is 196 g/mol. The van der Waals surface area contributed by atoms with Crippen LogP contribution in [0.15, 0.2) is 6.07 Å². The van der Waals surface area contributed by atoms with E-state index in [1.54, 1.807) is 11.6 Å². The van der Waals surface area contributed by atoms with Crippen molar-refractivity contribution in [2.75, 3.05) is 0 Å². The lowest BCUT2D eigenvalue weighted by atomic mass is 10.0. The van der Waals surface area contributed by atoms with Gasteiger partial charge in [0.1, 0.15) is 0 Å². The van der Waals surface area contributed by atoms with E-state index in [1.807, 2.05) is 26.8 Å². The molecule has 0 saturated heterocycles. The summed E-state index contributed by atoms with van der Waals surface area (Å²) in [6, 6.07) is 1.84. The highest BCUT2D eigenvalue weighted by Crippen LogP contribution is 2.19. The summed E-state index contributed by atoms with van der Waals surface area (Å²) in [6.07, 6.45) is 0. The van der Waals surface area contributed by atoms with Crippen LogP contribution in [0.25, 0.3) is 0 Å². The van der Waals surface area contributed by atoms with Crippen molar-refractivity contribution in [1.82, 2.24) is 9.78 Å². The molecular formula is C10H16N2O2. The van der Waals surface area contributed by atoms with Crippen LogP contribution in [0.1, 0.15) is 31.3 Å². The van der Waals surface area contributed by atoms with E-state index in [1.165, 1.54) is 0 Å². The smallest absolute Gasteiger partial charge is 0.308 e. The Kier molecular flexibility index (Phi) is 2.93. The summed E-state index contributed by atoms with van der Waals surface area (Å²) in [6.45, 7) is 7.41. The Bertz CT molecular complexity index is 344. The molecule has 0 amide bonds. The maximum Gasteiger partial charge on any atom is 0.308 e. The third-order valence-corrected chi connectivity index (χ3v) is 2.54. The minimum atomic E-state index is -0.787. The Morgan fingerprint density at radius 2 is 2.07 bits per heavy atom. The Morgan fingerprint density at radius 3 is 2.43 bits per heavy atom. The first-order valence-corrected chi connectivity index (χ1v) is 4.69. The molecule has 78 valence electrons. The number of aromatic nitrogens is 2. The first-order chi connectivity index (χ1) is 6.43. The summed E-state index contributed by atoms with van der Waals surface area (Å²) in [5.74, 6) is -1.21. The van der Waals surface area contributed by atoms with Crippen molar-refractivity contribution in [3.63, 3.8) is 0 Å². The molecular weight excluding hydrogens is 180 g/mol. The molecule has 0 aliphatic rings. The summed E-state index contributed by atoms with van der Waals surface area (Å²) < 4.78 is 1.77. The van der Waals surface area contributed by atoms with E-state index in [-0.39, 0.29) is 6.04 Å². The molecule has 1 aromatic heterocycles. The van der Waals surface area contributed by atoms with Gasteiger partial charge in [0, 0.05) is 5.69 Å². The molecule has 0 fully saturated rings. The van der Waals surface area contributed by atoms with Crippen LogP contribution >= 0.6 is 0 Å². The summed E-state index contributed by atoms with van der Waals surface area (Å²) in [4.78, 5) is 10.8. The molecule has 14 heavy (non-hydrogen) atoms. The van der Waals surface area contributed by atoms with E-state index in [2.05, 4.69) is 5.10 Å². The van der Waals surface area contributed by atoms with E-state index in [0.717, 1.165) is 11.4 Å². The molecule has 0 aromatic carbocycles. The number of nitrogens with zero attached hydrogens (tertiary/aromatic N) is 2. The number of hydrogen-bond donors (Lipinski definition) is 1. The van der Waals surface area contributed by atoms with Gasteiger partial charge < -0.3 is 5.11 Å². The number of hydrogen-bond acceptors (Lipinski definition) is 2. The average Bonchev–Trinajstić information content (AvgIpc) is 2.42. The van der Waals surface area contributed by atoms with Crippen molar-refractivity contribution in [2.24, 2.45) is 5.92 Å². The molecule has 0 aliphatic carbocycles. The monoisotopic (exact) mass is 196 g/mol. The van der Waals surface area contributed by atoms with Crippen molar-refractivity contribution in [3.8, 4) is 0 Å². The summed E-state index contributed by atoms with van der Waals surface area (Å²) >= 11 is 0. The standard InChI is InChI=1S/C10H16N2O2/c1-6-5-7(2)12(11-6)9(4)8(3)10(13)14/h5,8-9H,1-4H3,(H,13,14)/t8-,9+/m0/s1. The SMILES string of the molecule is Cc1cc(C)n([C@H](C)[C@H](C)C(=O)O)n1. The second kappa shape index (κ2) is 3.82. The zero-order valence-corrected chi connectivity index (χ0v) is 8.98. The zero-order chi connectivity index (χ0) is 10.9. The number of aryl methyl sites for hydroxylation is 2. The third-order valence-electron chi connectivity index (χ3n) is 2.54. The number of carboxylic acid groups (broad SMARTS) is 1. The van der Waals surface area contributed by atoms with E-state index in [9.17, 15) is 4.79 Å². The van der Waals surface area contributed by atoms with Gasteiger partial charge >= 0.3 is 5.97 Å². The fourth-order valence-electron chi connectivity index (χ4n) is 1.48. The highest BCUT2D eigenvalue weighted by molar-refractivity contribution is 5.70. The molecule has 2 atom stereocenters. The Morgan fingerprint density at radius 1 is 1.50 bits per heavy atom. The minimum absolute atomic E-state index is 0.110. The number of rotatable bonds is 3.